The van der Waals surface area contributed by atoms with Gasteiger partial charge >= 0.3 is 6.18 Å². The Hall–Kier alpha value is -0.290. The van der Waals surface area contributed by atoms with Crippen molar-refractivity contribution in [3.8, 4) is 0 Å². The van der Waals surface area contributed by atoms with Crippen LogP contribution in [0.25, 0.3) is 0 Å². The summed E-state index contributed by atoms with van der Waals surface area (Å²) in [5.74, 6) is -0.907. The lowest BCUT2D eigenvalue weighted by atomic mass is 9.81. The Labute approximate surface area is 114 Å². The summed E-state index contributed by atoms with van der Waals surface area (Å²) in [5.41, 5.74) is 0.0912. The van der Waals surface area contributed by atoms with Gasteiger partial charge in [-0.1, -0.05) is 6.42 Å². The van der Waals surface area contributed by atoms with Crippen LogP contribution in [0.5, 0.6) is 0 Å². The fourth-order valence-corrected chi connectivity index (χ4v) is 2.61. The lowest BCUT2D eigenvalue weighted by Gasteiger charge is -2.30. The Bertz CT molecular complexity index is 258. The molecule has 0 amide bonds. The van der Waals surface area contributed by atoms with E-state index in [4.69, 9.17) is 0 Å². The summed E-state index contributed by atoms with van der Waals surface area (Å²) >= 11 is 0. The molecule has 0 radical (unpaired) electrons. The number of halogens is 3. The predicted molar refractivity (Wildman–Crippen MR) is 72.1 cm³/mol. The van der Waals surface area contributed by atoms with Gasteiger partial charge < -0.3 is 10.6 Å². The van der Waals surface area contributed by atoms with E-state index in [1.54, 1.807) is 0 Å². The average Bonchev–Trinajstić information content (AvgIpc) is 2.26. The molecule has 2 nitrogen and oxygen atoms in total. The van der Waals surface area contributed by atoms with Gasteiger partial charge in [-0.2, -0.15) is 13.2 Å². The van der Waals surface area contributed by atoms with Crippen LogP contribution in [0.3, 0.4) is 0 Å². The predicted octanol–water partition coefficient (Wildman–Crippen LogP) is 3.33. The standard InChI is InChI=1S/C14H27F3N2/c1-13(2,3)19-8-7-18-10-11-5-4-6-12(9-11)14(15,16)17/h11-12,18-19H,4-10H2,1-3H3. The summed E-state index contributed by atoms with van der Waals surface area (Å²) in [6.07, 6.45) is -1.77. The maximum Gasteiger partial charge on any atom is 0.391 e. The second-order valence-electron chi connectivity index (χ2n) is 6.65. The molecule has 1 aliphatic carbocycles. The zero-order valence-corrected chi connectivity index (χ0v) is 12.2. The second-order valence-corrected chi connectivity index (χ2v) is 6.65. The van der Waals surface area contributed by atoms with Gasteiger partial charge in [0.1, 0.15) is 0 Å². The smallest absolute Gasteiger partial charge is 0.315 e. The highest BCUT2D eigenvalue weighted by molar-refractivity contribution is 4.79. The minimum atomic E-state index is -4.01. The van der Waals surface area contributed by atoms with Gasteiger partial charge in [-0.3, -0.25) is 0 Å². The van der Waals surface area contributed by atoms with Gasteiger partial charge in [0, 0.05) is 18.6 Å². The molecule has 2 N–H and O–H groups in total. The van der Waals surface area contributed by atoms with E-state index in [1.165, 1.54) is 0 Å². The third-order valence-electron chi connectivity index (χ3n) is 3.64. The molecular weight excluding hydrogens is 253 g/mol. The quantitative estimate of drug-likeness (QED) is 0.755. The highest BCUT2D eigenvalue weighted by Gasteiger charge is 2.41. The van der Waals surface area contributed by atoms with E-state index in [2.05, 4.69) is 31.4 Å². The van der Waals surface area contributed by atoms with Crippen LogP contribution in [0.15, 0.2) is 0 Å². The van der Waals surface area contributed by atoms with E-state index in [-0.39, 0.29) is 11.5 Å². The normalized spacial score (nSPS) is 25.6. The molecule has 0 aromatic rings. The van der Waals surface area contributed by atoms with Crippen molar-refractivity contribution >= 4 is 0 Å². The highest BCUT2D eigenvalue weighted by Crippen LogP contribution is 2.39. The Morgan fingerprint density at radius 2 is 1.74 bits per heavy atom. The van der Waals surface area contributed by atoms with Crippen molar-refractivity contribution in [1.29, 1.82) is 0 Å². The molecule has 1 fully saturated rings. The second kappa shape index (κ2) is 6.93. The summed E-state index contributed by atoms with van der Waals surface area (Å²) in [6, 6.07) is 0. The van der Waals surface area contributed by atoms with Crippen molar-refractivity contribution in [3.05, 3.63) is 0 Å². The molecule has 0 aromatic heterocycles. The number of hydrogen-bond donors (Lipinski definition) is 2. The van der Waals surface area contributed by atoms with Crippen LogP contribution in [0.4, 0.5) is 13.2 Å². The molecule has 5 heteroatoms. The van der Waals surface area contributed by atoms with Gasteiger partial charge in [0.05, 0.1) is 5.92 Å². The first-order chi connectivity index (χ1) is 8.68. The molecular formula is C14H27F3N2. The molecule has 1 saturated carbocycles. The third-order valence-corrected chi connectivity index (χ3v) is 3.64. The molecule has 1 aliphatic rings. The minimum Gasteiger partial charge on any atom is -0.315 e. The maximum atomic E-state index is 12.7. The Morgan fingerprint density at radius 1 is 1.05 bits per heavy atom. The zero-order valence-electron chi connectivity index (χ0n) is 12.2. The van der Waals surface area contributed by atoms with Crippen LogP contribution in [-0.4, -0.2) is 31.3 Å². The molecule has 19 heavy (non-hydrogen) atoms. The van der Waals surface area contributed by atoms with Gasteiger partial charge in [-0.15, -0.1) is 0 Å². The van der Waals surface area contributed by atoms with Crippen molar-refractivity contribution in [2.75, 3.05) is 19.6 Å². The van der Waals surface area contributed by atoms with Crippen LogP contribution in [0.1, 0.15) is 46.5 Å². The molecule has 0 aromatic carbocycles. The molecule has 2 unspecified atom stereocenters. The summed E-state index contributed by atoms with van der Waals surface area (Å²) < 4.78 is 38.0. The lowest BCUT2D eigenvalue weighted by molar-refractivity contribution is -0.185. The van der Waals surface area contributed by atoms with Crippen LogP contribution < -0.4 is 10.6 Å². The molecule has 0 saturated heterocycles. The maximum absolute atomic E-state index is 12.7. The van der Waals surface area contributed by atoms with Crippen LogP contribution >= 0.6 is 0 Å². The van der Waals surface area contributed by atoms with Gasteiger partial charge in [0.25, 0.3) is 0 Å². The van der Waals surface area contributed by atoms with Gasteiger partial charge in [0.15, 0.2) is 0 Å². The monoisotopic (exact) mass is 280 g/mol. The highest BCUT2D eigenvalue weighted by atomic mass is 19.4. The molecule has 2 atom stereocenters. The van der Waals surface area contributed by atoms with Crippen LogP contribution in [0, 0.1) is 11.8 Å². The fraction of sp³-hybridized carbons (Fsp3) is 1.00. The van der Waals surface area contributed by atoms with Crippen molar-refractivity contribution < 1.29 is 13.2 Å². The number of alkyl halides is 3. The lowest BCUT2D eigenvalue weighted by Crippen LogP contribution is -2.41. The molecule has 1 rings (SSSR count). The Balaban J connectivity index is 2.16. The van der Waals surface area contributed by atoms with Crippen molar-refractivity contribution in [2.24, 2.45) is 11.8 Å². The van der Waals surface area contributed by atoms with Crippen molar-refractivity contribution in [1.82, 2.24) is 10.6 Å². The van der Waals surface area contributed by atoms with Gasteiger partial charge in [0.2, 0.25) is 0 Å². The van der Waals surface area contributed by atoms with E-state index in [0.717, 1.165) is 19.5 Å². The minimum absolute atomic E-state index is 0.0912. The topological polar surface area (TPSA) is 24.1 Å². The van der Waals surface area contributed by atoms with Crippen LogP contribution in [0.2, 0.25) is 0 Å². The summed E-state index contributed by atoms with van der Waals surface area (Å²) in [4.78, 5) is 0. The van der Waals surface area contributed by atoms with E-state index in [9.17, 15) is 13.2 Å². The molecule has 0 spiro atoms. The number of hydrogen-bond acceptors (Lipinski definition) is 2. The molecule has 0 heterocycles. The van der Waals surface area contributed by atoms with Gasteiger partial charge in [-0.05, 0) is 52.5 Å². The summed E-state index contributed by atoms with van der Waals surface area (Å²) in [6.45, 7) is 8.66. The van der Waals surface area contributed by atoms with E-state index in [1.807, 2.05) is 0 Å². The van der Waals surface area contributed by atoms with Crippen molar-refractivity contribution in [2.45, 2.75) is 58.2 Å². The summed E-state index contributed by atoms with van der Waals surface area (Å²) in [5, 5.41) is 6.62. The van der Waals surface area contributed by atoms with E-state index < -0.39 is 12.1 Å². The fourth-order valence-electron chi connectivity index (χ4n) is 2.61. The number of rotatable bonds is 5. The largest absolute Gasteiger partial charge is 0.391 e. The average molecular weight is 280 g/mol. The molecule has 0 bridgehead atoms. The Morgan fingerprint density at radius 3 is 2.32 bits per heavy atom. The zero-order chi connectivity index (χ0) is 14.5. The van der Waals surface area contributed by atoms with E-state index in [0.29, 0.717) is 25.8 Å². The van der Waals surface area contributed by atoms with Crippen LogP contribution in [-0.2, 0) is 0 Å². The van der Waals surface area contributed by atoms with Crippen molar-refractivity contribution in [3.63, 3.8) is 0 Å². The summed E-state index contributed by atoms with van der Waals surface area (Å²) in [7, 11) is 0. The first kappa shape index (κ1) is 16.8. The molecule has 0 aliphatic heterocycles. The first-order valence-electron chi connectivity index (χ1n) is 7.21. The third kappa shape index (κ3) is 7.16. The SMILES string of the molecule is CC(C)(C)NCCNCC1CCCC(C(F)(F)F)C1. The van der Waals surface area contributed by atoms with Gasteiger partial charge in [-0.25, -0.2) is 0 Å². The molecule has 114 valence electrons. The first-order valence-corrected chi connectivity index (χ1v) is 7.21. The number of nitrogens with one attached hydrogen (secondary N) is 2. The Kier molecular flexibility index (Phi) is 6.12. The van der Waals surface area contributed by atoms with E-state index >= 15 is 0 Å².